The van der Waals surface area contributed by atoms with E-state index in [4.69, 9.17) is 11.1 Å². The van der Waals surface area contributed by atoms with Gasteiger partial charge in [0.15, 0.2) is 5.16 Å². The minimum Gasteiger partial charge on any atom is -0.807 e. The molecule has 8 heteroatoms. The molecule has 0 fully saturated rings. The summed E-state index contributed by atoms with van der Waals surface area (Å²) in [5, 5.41) is 9.72. The number of thiocarbonyl (C=S) groups is 1. The molecule has 1 aromatic heterocycles. The predicted molar refractivity (Wildman–Crippen MR) is 83.6 cm³/mol. The maximum absolute atomic E-state index is 9.02. The van der Waals surface area contributed by atoms with Crippen LogP contribution in [0.25, 0.3) is 5.41 Å². The molecule has 0 radical (unpaired) electrons. The number of hydrogen-bond acceptors (Lipinski definition) is 4. The molecule has 0 saturated heterocycles. The molecule has 1 aromatic rings. The van der Waals surface area contributed by atoms with E-state index in [1.54, 1.807) is 19.3 Å². The maximum atomic E-state index is 9.02. The third-order valence-corrected chi connectivity index (χ3v) is 2.65. The Morgan fingerprint density at radius 2 is 1.88 bits per heavy atom. The maximum Gasteiger partial charge on any atom is 1.00 e. The second-order valence-electron chi connectivity index (χ2n) is 2.38. The van der Waals surface area contributed by atoms with Crippen molar-refractivity contribution in [1.82, 2.24) is 9.97 Å². The molecule has 0 aliphatic carbocycles. The van der Waals surface area contributed by atoms with Crippen LogP contribution in [-0.4, -0.2) is 20.7 Å². The van der Waals surface area contributed by atoms with E-state index < -0.39 is 0 Å². The van der Waals surface area contributed by atoms with Gasteiger partial charge in [0.05, 0.1) is 0 Å². The van der Waals surface area contributed by atoms with Crippen LogP contribution >= 0.6 is 42.4 Å². The number of halogens is 1. The zero-order chi connectivity index (χ0) is 11.8. The summed E-state index contributed by atoms with van der Waals surface area (Å²) in [5.41, 5.74) is 5.64. The fourth-order valence-electron chi connectivity index (χ4n) is 0.543. The van der Waals surface area contributed by atoms with Crippen molar-refractivity contribution < 1.29 is 18.9 Å². The molecule has 1 heterocycles. The van der Waals surface area contributed by atoms with Gasteiger partial charge in [-0.25, -0.2) is 9.97 Å². The van der Waals surface area contributed by atoms with Crippen molar-refractivity contribution in [3.05, 3.63) is 37.7 Å². The van der Waals surface area contributed by atoms with E-state index in [2.05, 4.69) is 50.3 Å². The van der Waals surface area contributed by atoms with E-state index in [0.717, 1.165) is 0 Å². The van der Waals surface area contributed by atoms with E-state index in [1.165, 1.54) is 8.93 Å². The van der Waals surface area contributed by atoms with Gasteiger partial charge in [0.2, 0.25) is 0 Å². The summed E-state index contributed by atoms with van der Waals surface area (Å²) in [6.07, 6.45) is 3.20. The van der Waals surface area contributed by atoms with Gasteiger partial charge < -0.3 is 25.5 Å². The molecular formula is C9H12ILiN4S2-2. The van der Waals surface area contributed by atoms with Crippen LogP contribution in [0.4, 0.5) is 0 Å². The molecular weight excluding hydrogens is 362 g/mol. The van der Waals surface area contributed by atoms with E-state index in [0.29, 0.717) is 10.7 Å². The van der Waals surface area contributed by atoms with E-state index in [9.17, 15) is 0 Å². The van der Waals surface area contributed by atoms with Gasteiger partial charge in [0, 0.05) is 33.6 Å². The van der Waals surface area contributed by atoms with Crippen molar-refractivity contribution in [2.24, 2.45) is 5.73 Å². The first-order chi connectivity index (χ1) is 6.97. The Balaban J connectivity index is -0.000000289. The Kier molecular flexibility index (Phi) is 16.6. The third-order valence-electron chi connectivity index (χ3n) is 1.11. The van der Waals surface area contributed by atoms with E-state index >= 15 is 0 Å². The summed E-state index contributed by atoms with van der Waals surface area (Å²) in [6, 6.07) is 0. The summed E-state index contributed by atoms with van der Waals surface area (Å²) in [7, 11) is 1.45. The first-order valence-electron chi connectivity index (χ1n) is 3.72. The summed E-state index contributed by atoms with van der Waals surface area (Å²) < 4.78 is 0. The topological polar surface area (TPSA) is 74.1 Å². The van der Waals surface area contributed by atoms with Gasteiger partial charge in [-0.3, -0.25) is 0 Å². The molecule has 0 aromatic carbocycles. The molecule has 17 heavy (non-hydrogen) atoms. The van der Waals surface area contributed by atoms with Crippen molar-refractivity contribution in [3.63, 3.8) is 0 Å². The summed E-state index contributed by atoms with van der Waals surface area (Å²) in [5.74, 6) is 0. The van der Waals surface area contributed by atoms with E-state index in [1.807, 2.05) is 0 Å². The monoisotopic (exact) mass is 374 g/mol. The zero-order valence-corrected chi connectivity index (χ0v) is 13.8. The van der Waals surface area contributed by atoms with Crippen molar-refractivity contribution in [3.8, 4) is 0 Å². The third kappa shape index (κ3) is 12.4. The molecule has 0 saturated carbocycles. The van der Waals surface area contributed by atoms with Crippen LogP contribution in [0.3, 0.4) is 0 Å². The molecule has 1 rings (SSSR count). The average Bonchev–Trinajstić information content (AvgIpc) is 2.17. The molecule has 0 bridgehead atoms. The summed E-state index contributed by atoms with van der Waals surface area (Å²) >= 11 is 6.31. The zero-order valence-electron chi connectivity index (χ0n) is 9.98. The van der Waals surface area contributed by atoms with Crippen LogP contribution in [0.2, 0.25) is 0 Å². The van der Waals surface area contributed by atoms with Crippen molar-refractivity contribution in [2.45, 2.75) is 12.1 Å². The smallest absolute Gasteiger partial charge is 0.807 e. The number of nitrogens with two attached hydrogens (primary N) is 1. The fourth-order valence-corrected chi connectivity index (χ4v) is 1.41. The van der Waals surface area contributed by atoms with Crippen LogP contribution < -0.4 is 24.6 Å². The van der Waals surface area contributed by atoms with Gasteiger partial charge in [0.1, 0.15) is 0 Å². The molecule has 0 spiro atoms. The van der Waals surface area contributed by atoms with E-state index in [-0.39, 0.29) is 37.0 Å². The standard InChI is InChI=1S/C6H5IN3S.C2H4NS.CH3.Li/c1-4(8)5-2-9-6(11-7)10-3-5;1-2(3)4;;/h2-3H,1H3;1H2,(H2,3,4);1H3;/q3*-1;+1. The van der Waals surface area contributed by atoms with Gasteiger partial charge in [-0.1, -0.05) is 11.9 Å². The Labute approximate surface area is 136 Å². The Morgan fingerprint density at radius 3 is 2.12 bits per heavy atom. The van der Waals surface area contributed by atoms with Gasteiger partial charge in [-0.15, -0.1) is 12.2 Å². The molecule has 2 N–H and O–H groups in total. The molecule has 4 nitrogen and oxygen atoms in total. The van der Waals surface area contributed by atoms with Gasteiger partial charge >= 0.3 is 18.9 Å². The second-order valence-corrected chi connectivity index (χ2v) is 4.75. The average molecular weight is 374 g/mol. The van der Waals surface area contributed by atoms with Crippen molar-refractivity contribution >= 4 is 53.1 Å². The molecule has 0 aliphatic rings. The molecule has 0 amide bonds. The number of aromatic nitrogens is 2. The molecule has 0 atom stereocenters. The molecule has 0 aliphatic heterocycles. The minimum atomic E-state index is 0. The second kappa shape index (κ2) is 12.6. The Bertz CT molecular complexity index is 341. The SMILES string of the molecule is CC(=[N-])c1cnc(SI)nc1.[CH2-]C(N)=S.[CH3-].[Li+]. The predicted octanol–water partition coefficient (Wildman–Crippen LogP) is -0.142. The molecule has 0 unspecified atom stereocenters. The van der Waals surface area contributed by atoms with Crippen LogP contribution in [0.5, 0.6) is 0 Å². The quantitative estimate of drug-likeness (QED) is 0.195. The minimum absolute atomic E-state index is 0. The number of rotatable bonds is 2. The van der Waals surface area contributed by atoms with Gasteiger partial charge in [0.25, 0.3) is 0 Å². The fraction of sp³-hybridized carbons (Fsp3) is 0.111. The molecule has 90 valence electrons. The van der Waals surface area contributed by atoms with Crippen LogP contribution in [0.1, 0.15) is 12.5 Å². The Morgan fingerprint density at radius 1 is 1.53 bits per heavy atom. The van der Waals surface area contributed by atoms with Crippen molar-refractivity contribution in [1.29, 1.82) is 0 Å². The normalized spacial score (nSPS) is 7.65. The first kappa shape index (κ1) is 22.4. The van der Waals surface area contributed by atoms with Crippen LogP contribution in [0, 0.1) is 14.4 Å². The van der Waals surface area contributed by atoms with Crippen LogP contribution in [-0.2, 0) is 0 Å². The van der Waals surface area contributed by atoms with Gasteiger partial charge in [-0.05, 0) is 14.5 Å². The number of nitrogens with zero attached hydrogens (tertiary/aromatic N) is 3. The van der Waals surface area contributed by atoms with Crippen molar-refractivity contribution in [2.75, 3.05) is 0 Å². The van der Waals surface area contributed by atoms with Crippen LogP contribution in [0.15, 0.2) is 17.6 Å². The Hall–Kier alpha value is 0.187. The first-order valence-corrected chi connectivity index (χ1v) is 7.49. The summed E-state index contributed by atoms with van der Waals surface area (Å²) in [4.78, 5) is 8.21. The number of hydrogen-bond donors (Lipinski definition) is 1. The summed E-state index contributed by atoms with van der Waals surface area (Å²) in [6.45, 7) is 4.75. The largest absolute Gasteiger partial charge is 1.00 e. The van der Waals surface area contributed by atoms with Gasteiger partial charge in [-0.2, -0.15) is 5.71 Å².